The Balaban J connectivity index is 2.14. The van der Waals surface area contributed by atoms with Gasteiger partial charge >= 0.3 is 0 Å². The molecule has 1 aliphatic heterocycles. The van der Waals surface area contributed by atoms with E-state index >= 15 is 0 Å². The number of hydrogen-bond acceptors (Lipinski definition) is 3. The molecular weight excluding hydrogens is 235 g/mol. The number of nitrogens with two attached hydrogens (primary N) is 1. The lowest BCUT2D eigenvalue weighted by molar-refractivity contribution is -0.119. The van der Waals surface area contributed by atoms with Crippen LogP contribution >= 0.6 is 0 Å². The molecule has 2 N–H and O–H groups in total. The molecule has 0 bridgehead atoms. The molecule has 18 heavy (non-hydrogen) atoms. The van der Waals surface area contributed by atoms with Gasteiger partial charge in [0, 0.05) is 18.5 Å². The van der Waals surface area contributed by atoms with Crippen molar-refractivity contribution < 1.29 is 13.9 Å². The number of hydrogen-bond donors (Lipinski definition) is 1. The Hall–Kier alpha value is -1.62. The van der Waals surface area contributed by atoms with Gasteiger partial charge in [-0.05, 0) is 25.5 Å². The maximum Gasteiger partial charge on any atom is 0.227 e. The molecule has 0 saturated carbocycles. The fourth-order valence-corrected chi connectivity index (χ4v) is 1.94. The Morgan fingerprint density at radius 3 is 3.11 bits per heavy atom. The van der Waals surface area contributed by atoms with E-state index in [1.165, 1.54) is 12.1 Å². The first-order chi connectivity index (χ1) is 8.58. The summed E-state index contributed by atoms with van der Waals surface area (Å²) in [5.74, 6) is 0.0671. The van der Waals surface area contributed by atoms with Crippen LogP contribution in [0.25, 0.3) is 0 Å². The topological polar surface area (TPSA) is 55.6 Å². The van der Waals surface area contributed by atoms with Crippen LogP contribution < -0.4 is 15.4 Å². The van der Waals surface area contributed by atoms with Gasteiger partial charge in [-0.25, -0.2) is 4.39 Å². The lowest BCUT2D eigenvalue weighted by Crippen LogP contribution is -2.38. The summed E-state index contributed by atoms with van der Waals surface area (Å²) in [7, 11) is 0. The van der Waals surface area contributed by atoms with Gasteiger partial charge in [0.2, 0.25) is 5.91 Å². The minimum absolute atomic E-state index is 0.00248. The number of fused-ring (bicyclic) bond motifs is 1. The molecule has 5 heteroatoms. The maximum absolute atomic E-state index is 13.1. The Morgan fingerprint density at radius 1 is 1.61 bits per heavy atom. The molecular formula is C13H17FN2O2. The fourth-order valence-electron chi connectivity index (χ4n) is 1.94. The summed E-state index contributed by atoms with van der Waals surface area (Å²) in [5, 5.41) is 0. The predicted octanol–water partition coefficient (Wildman–Crippen LogP) is 1.68. The van der Waals surface area contributed by atoms with Crippen molar-refractivity contribution in [1.82, 2.24) is 0 Å². The first kappa shape index (κ1) is 12.8. The van der Waals surface area contributed by atoms with Crippen LogP contribution in [-0.4, -0.2) is 25.1 Å². The quantitative estimate of drug-likeness (QED) is 0.890. The number of nitrogens with zero attached hydrogens (tertiary/aromatic N) is 1. The number of carbonyl (C=O) groups excluding carboxylic acids is 1. The number of halogens is 1. The van der Waals surface area contributed by atoms with E-state index in [0.717, 1.165) is 0 Å². The molecule has 0 aromatic heterocycles. The van der Waals surface area contributed by atoms with Gasteiger partial charge in [-0.15, -0.1) is 0 Å². The molecule has 1 atom stereocenters. The standard InChI is InChI=1S/C13H17FN2O2/c1-9(15)2-5-13(17)16-6-7-18-12-8-10(14)3-4-11(12)16/h3-4,8-9H,2,5-7,15H2,1H3. The van der Waals surface area contributed by atoms with Crippen LogP contribution in [0.4, 0.5) is 10.1 Å². The van der Waals surface area contributed by atoms with E-state index in [4.69, 9.17) is 10.5 Å². The number of carbonyl (C=O) groups is 1. The maximum atomic E-state index is 13.1. The molecule has 98 valence electrons. The molecule has 1 aromatic rings. The Kier molecular flexibility index (Phi) is 3.81. The summed E-state index contributed by atoms with van der Waals surface area (Å²) >= 11 is 0. The van der Waals surface area contributed by atoms with E-state index in [0.29, 0.717) is 37.4 Å². The van der Waals surface area contributed by atoms with Gasteiger partial charge < -0.3 is 15.4 Å². The molecule has 1 heterocycles. The zero-order valence-corrected chi connectivity index (χ0v) is 10.4. The van der Waals surface area contributed by atoms with Gasteiger partial charge in [0.25, 0.3) is 0 Å². The molecule has 0 fully saturated rings. The number of rotatable bonds is 3. The van der Waals surface area contributed by atoms with E-state index in [-0.39, 0.29) is 17.8 Å². The van der Waals surface area contributed by atoms with Gasteiger partial charge in [-0.1, -0.05) is 0 Å². The predicted molar refractivity (Wildman–Crippen MR) is 67.1 cm³/mol. The molecule has 2 rings (SSSR count). The van der Waals surface area contributed by atoms with Crippen molar-refractivity contribution in [1.29, 1.82) is 0 Å². The van der Waals surface area contributed by atoms with Crippen LogP contribution in [0, 0.1) is 5.82 Å². The summed E-state index contributed by atoms with van der Waals surface area (Å²) in [6.45, 7) is 2.76. The first-order valence-electron chi connectivity index (χ1n) is 6.06. The third-order valence-corrected chi connectivity index (χ3v) is 2.90. The minimum Gasteiger partial charge on any atom is -0.489 e. The zero-order valence-electron chi connectivity index (χ0n) is 10.4. The molecule has 1 aromatic carbocycles. The van der Waals surface area contributed by atoms with Gasteiger partial charge in [0.1, 0.15) is 18.2 Å². The highest BCUT2D eigenvalue weighted by molar-refractivity contribution is 5.95. The van der Waals surface area contributed by atoms with Crippen molar-refractivity contribution in [2.24, 2.45) is 5.73 Å². The lowest BCUT2D eigenvalue weighted by atomic mass is 10.1. The van der Waals surface area contributed by atoms with Crippen molar-refractivity contribution in [2.75, 3.05) is 18.1 Å². The van der Waals surface area contributed by atoms with Crippen LogP contribution in [-0.2, 0) is 4.79 Å². The zero-order chi connectivity index (χ0) is 13.1. The smallest absolute Gasteiger partial charge is 0.227 e. The van der Waals surface area contributed by atoms with Crippen LogP contribution in [0.3, 0.4) is 0 Å². The van der Waals surface area contributed by atoms with E-state index < -0.39 is 0 Å². The second-order valence-corrected chi connectivity index (χ2v) is 4.52. The number of ether oxygens (including phenoxy) is 1. The normalized spacial score (nSPS) is 15.8. The van der Waals surface area contributed by atoms with Gasteiger partial charge in [0.05, 0.1) is 12.2 Å². The number of benzene rings is 1. The highest BCUT2D eigenvalue weighted by atomic mass is 19.1. The molecule has 0 saturated heterocycles. The van der Waals surface area contributed by atoms with Crippen LogP contribution in [0.15, 0.2) is 18.2 Å². The Morgan fingerprint density at radius 2 is 2.39 bits per heavy atom. The molecule has 1 unspecified atom stereocenters. The van der Waals surface area contributed by atoms with E-state index in [9.17, 15) is 9.18 Å². The van der Waals surface area contributed by atoms with Crippen LogP contribution in [0.5, 0.6) is 5.75 Å². The summed E-state index contributed by atoms with van der Waals surface area (Å²) in [6.07, 6.45) is 1.04. The monoisotopic (exact) mass is 252 g/mol. The lowest BCUT2D eigenvalue weighted by Gasteiger charge is -2.29. The molecule has 4 nitrogen and oxygen atoms in total. The Labute approximate surface area is 106 Å². The van der Waals surface area contributed by atoms with Gasteiger partial charge in [-0.3, -0.25) is 4.79 Å². The molecule has 1 aliphatic rings. The molecule has 0 radical (unpaired) electrons. The number of anilines is 1. The largest absolute Gasteiger partial charge is 0.489 e. The van der Waals surface area contributed by atoms with Gasteiger partial charge in [0.15, 0.2) is 0 Å². The third-order valence-electron chi connectivity index (χ3n) is 2.90. The number of amides is 1. The third kappa shape index (κ3) is 2.79. The first-order valence-corrected chi connectivity index (χ1v) is 6.06. The summed E-state index contributed by atoms with van der Waals surface area (Å²) < 4.78 is 18.4. The molecule has 0 aliphatic carbocycles. The van der Waals surface area contributed by atoms with Crippen LogP contribution in [0.2, 0.25) is 0 Å². The van der Waals surface area contributed by atoms with Crippen LogP contribution in [0.1, 0.15) is 19.8 Å². The van der Waals surface area contributed by atoms with E-state index in [2.05, 4.69) is 0 Å². The van der Waals surface area contributed by atoms with Crippen molar-refractivity contribution in [3.8, 4) is 5.75 Å². The highest BCUT2D eigenvalue weighted by Crippen LogP contribution is 2.32. The van der Waals surface area contributed by atoms with Crippen molar-refractivity contribution in [3.63, 3.8) is 0 Å². The van der Waals surface area contributed by atoms with Gasteiger partial charge in [-0.2, -0.15) is 0 Å². The fraction of sp³-hybridized carbons (Fsp3) is 0.462. The van der Waals surface area contributed by atoms with Crippen molar-refractivity contribution in [2.45, 2.75) is 25.8 Å². The Bertz CT molecular complexity index is 449. The summed E-state index contributed by atoms with van der Waals surface area (Å²) in [4.78, 5) is 13.7. The van der Waals surface area contributed by atoms with E-state index in [1.54, 1.807) is 11.0 Å². The summed E-state index contributed by atoms with van der Waals surface area (Å²) in [6, 6.07) is 4.22. The molecule has 1 amide bonds. The van der Waals surface area contributed by atoms with Crippen molar-refractivity contribution in [3.05, 3.63) is 24.0 Å². The second-order valence-electron chi connectivity index (χ2n) is 4.52. The SMILES string of the molecule is CC(N)CCC(=O)N1CCOc2cc(F)ccc21. The minimum atomic E-state index is -0.362. The average Bonchev–Trinajstić information content (AvgIpc) is 2.34. The summed E-state index contributed by atoms with van der Waals surface area (Å²) in [5.41, 5.74) is 6.28. The van der Waals surface area contributed by atoms with Crippen molar-refractivity contribution >= 4 is 11.6 Å². The van der Waals surface area contributed by atoms with E-state index in [1.807, 2.05) is 6.92 Å². The average molecular weight is 252 g/mol. The molecule has 0 spiro atoms. The second kappa shape index (κ2) is 5.35. The highest BCUT2D eigenvalue weighted by Gasteiger charge is 2.23.